The van der Waals surface area contributed by atoms with Crippen molar-refractivity contribution < 1.29 is 14.2 Å². The standard InChI is InChI=1S/C16H17BrFNO2/c1-11-7-13(5-6-16(11)18)19-9-14(20)10-21-15-4-2-3-12(17)8-15/h2-8,14,19-20H,9-10H2,1H3. The topological polar surface area (TPSA) is 41.5 Å². The lowest BCUT2D eigenvalue weighted by Crippen LogP contribution is -2.26. The maximum atomic E-state index is 13.1. The van der Waals surface area contributed by atoms with Crippen molar-refractivity contribution in [2.24, 2.45) is 0 Å². The normalized spacial score (nSPS) is 12.0. The van der Waals surface area contributed by atoms with Gasteiger partial charge in [-0.15, -0.1) is 0 Å². The Hall–Kier alpha value is -1.59. The van der Waals surface area contributed by atoms with Gasteiger partial charge in [0, 0.05) is 16.7 Å². The maximum Gasteiger partial charge on any atom is 0.126 e. The van der Waals surface area contributed by atoms with Gasteiger partial charge in [0.05, 0.1) is 0 Å². The Labute approximate surface area is 131 Å². The molecule has 0 aromatic heterocycles. The second-order valence-electron chi connectivity index (χ2n) is 4.77. The number of ether oxygens (including phenoxy) is 1. The molecular formula is C16H17BrFNO2. The van der Waals surface area contributed by atoms with Crippen molar-refractivity contribution >= 4 is 21.6 Å². The van der Waals surface area contributed by atoms with Gasteiger partial charge in [0.1, 0.15) is 24.3 Å². The van der Waals surface area contributed by atoms with E-state index in [0.29, 0.717) is 17.9 Å². The van der Waals surface area contributed by atoms with Gasteiger partial charge < -0.3 is 15.2 Å². The monoisotopic (exact) mass is 353 g/mol. The maximum absolute atomic E-state index is 13.1. The molecule has 2 aromatic rings. The smallest absolute Gasteiger partial charge is 0.126 e. The summed E-state index contributed by atoms with van der Waals surface area (Å²) in [5, 5.41) is 12.9. The van der Waals surface area contributed by atoms with Gasteiger partial charge >= 0.3 is 0 Å². The summed E-state index contributed by atoms with van der Waals surface area (Å²) in [4.78, 5) is 0. The van der Waals surface area contributed by atoms with E-state index in [2.05, 4.69) is 21.2 Å². The van der Waals surface area contributed by atoms with Gasteiger partial charge in [-0.3, -0.25) is 0 Å². The van der Waals surface area contributed by atoms with Crippen molar-refractivity contribution in [3.05, 3.63) is 58.3 Å². The largest absolute Gasteiger partial charge is 0.491 e. The fourth-order valence-corrected chi connectivity index (χ4v) is 2.18. The summed E-state index contributed by atoms with van der Waals surface area (Å²) in [6.45, 7) is 2.22. The quantitative estimate of drug-likeness (QED) is 0.830. The molecule has 5 heteroatoms. The second-order valence-corrected chi connectivity index (χ2v) is 5.68. The molecular weight excluding hydrogens is 337 g/mol. The number of hydrogen-bond acceptors (Lipinski definition) is 3. The van der Waals surface area contributed by atoms with Crippen molar-refractivity contribution in [3.63, 3.8) is 0 Å². The van der Waals surface area contributed by atoms with Crippen molar-refractivity contribution in [1.29, 1.82) is 0 Å². The molecule has 0 bridgehead atoms. The highest BCUT2D eigenvalue weighted by atomic mass is 79.9. The Morgan fingerprint density at radius 1 is 1.29 bits per heavy atom. The SMILES string of the molecule is Cc1cc(NCC(O)COc2cccc(Br)c2)ccc1F. The van der Waals surface area contributed by atoms with Crippen LogP contribution in [0.2, 0.25) is 0 Å². The van der Waals surface area contributed by atoms with Crippen molar-refractivity contribution in [1.82, 2.24) is 0 Å². The van der Waals surface area contributed by atoms with E-state index in [0.717, 1.165) is 10.2 Å². The van der Waals surface area contributed by atoms with Gasteiger partial charge in [-0.05, 0) is 48.9 Å². The molecule has 0 amide bonds. The molecule has 1 unspecified atom stereocenters. The summed E-state index contributed by atoms with van der Waals surface area (Å²) in [5.74, 6) is 0.458. The number of aryl methyl sites for hydroxylation is 1. The van der Waals surface area contributed by atoms with Gasteiger partial charge in [0.2, 0.25) is 0 Å². The van der Waals surface area contributed by atoms with E-state index in [1.807, 2.05) is 24.3 Å². The van der Waals surface area contributed by atoms with Crippen molar-refractivity contribution in [3.8, 4) is 5.75 Å². The predicted molar refractivity (Wildman–Crippen MR) is 85.3 cm³/mol. The average Bonchev–Trinajstić information content (AvgIpc) is 2.46. The molecule has 0 heterocycles. The number of rotatable bonds is 6. The van der Waals surface area contributed by atoms with Crippen LogP contribution in [0.1, 0.15) is 5.56 Å². The zero-order valence-corrected chi connectivity index (χ0v) is 13.2. The van der Waals surface area contributed by atoms with E-state index in [1.54, 1.807) is 19.1 Å². The molecule has 1 atom stereocenters. The minimum Gasteiger partial charge on any atom is -0.491 e. The second kappa shape index (κ2) is 7.43. The first-order chi connectivity index (χ1) is 10.0. The third kappa shape index (κ3) is 5.02. The highest BCUT2D eigenvalue weighted by Gasteiger charge is 2.06. The van der Waals surface area contributed by atoms with Gasteiger partial charge in [0.15, 0.2) is 0 Å². The summed E-state index contributed by atoms with van der Waals surface area (Å²) in [6, 6.07) is 12.2. The highest BCUT2D eigenvalue weighted by Crippen LogP contribution is 2.18. The average molecular weight is 354 g/mol. The number of aliphatic hydroxyl groups excluding tert-OH is 1. The molecule has 3 nitrogen and oxygen atoms in total. The molecule has 21 heavy (non-hydrogen) atoms. The van der Waals surface area contributed by atoms with Crippen LogP contribution in [0.15, 0.2) is 46.9 Å². The molecule has 0 aliphatic carbocycles. The molecule has 112 valence electrons. The lowest BCUT2D eigenvalue weighted by atomic mass is 10.2. The van der Waals surface area contributed by atoms with Gasteiger partial charge in [0.25, 0.3) is 0 Å². The lowest BCUT2D eigenvalue weighted by Gasteiger charge is -2.14. The first-order valence-electron chi connectivity index (χ1n) is 6.61. The summed E-state index contributed by atoms with van der Waals surface area (Å²) in [6.07, 6.45) is -0.658. The van der Waals surface area contributed by atoms with Crippen LogP contribution in [0.4, 0.5) is 10.1 Å². The summed E-state index contributed by atoms with van der Waals surface area (Å²) < 4.78 is 19.6. The van der Waals surface area contributed by atoms with Crippen LogP contribution in [0, 0.1) is 12.7 Å². The molecule has 0 saturated heterocycles. The Balaban J connectivity index is 1.79. The Morgan fingerprint density at radius 3 is 2.81 bits per heavy atom. The Morgan fingerprint density at radius 2 is 2.10 bits per heavy atom. The Bertz CT molecular complexity index is 607. The molecule has 0 saturated carbocycles. The van der Waals surface area contributed by atoms with Crippen LogP contribution in [0.25, 0.3) is 0 Å². The summed E-state index contributed by atoms with van der Waals surface area (Å²) in [5.41, 5.74) is 1.34. The number of anilines is 1. The molecule has 2 rings (SSSR count). The minimum absolute atomic E-state index is 0.184. The fourth-order valence-electron chi connectivity index (χ4n) is 1.80. The number of halogens is 2. The number of benzene rings is 2. The van der Waals surface area contributed by atoms with E-state index in [4.69, 9.17) is 4.74 Å². The lowest BCUT2D eigenvalue weighted by molar-refractivity contribution is 0.117. The number of hydrogen-bond donors (Lipinski definition) is 2. The van der Waals surface area contributed by atoms with Crippen molar-refractivity contribution in [2.45, 2.75) is 13.0 Å². The van der Waals surface area contributed by atoms with Crippen LogP contribution >= 0.6 is 15.9 Å². The molecule has 2 aromatic carbocycles. The molecule has 0 radical (unpaired) electrons. The third-order valence-electron chi connectivity index (χ3n) is 2.94. The first-order valence-corrected chi connectivity index (χ1v) is 7.40. The highest BCUT2D eigenvalue weighted by molar-refractivity contribution is 9.10. The summed E-state index contributed by atoms with van der Waals surface area (Å²) in [7, 11) is 0. The molecule has 0 aliphatic rings. The van der Waals surface area contributed by atoms with Crippen LogP contribution < -0.4 is 10.1 Å². The van der Waals surface area contributed by atoms with Gasteiger partial charge in [-0.2, -0.15) is 0 Å². The molecule has 0 spiro atoms. The fraction of sp³-hybridized carbons (Fsp3) is 0.250. The molecule has 0 aliphatic heterocycles. The van der Waals surface area contributed by atoms with E-state index < -0.39 is 6.10 Å². The Kier molecular flexibility index (Phi) is 5.59. The van der Waals surface area contributed by atoms with Crippen molar-refractivity contribution in [2.75, 3.05) is 18.5 Å². The predicted octanol–water partition coefficient (Wildman–Crippen LogP) is 3.75. The minimum atomic E-state index is -0.658. The summed E-state index contributed by atoms with van der Waals surface area (Å²) >= 11 is 3.36. The van der Waals surface area contributed by atoms with E-state index in [9.17, 15) is 9.50 Å². The molecule has 0 fully saturated rings. The van der Waals surface area contributed by atoms with Gasteiger partial charge in [-0.25, -0.2) is 4.39 Å². The van der Waals surface area contributed by atoms with Crippen LogP contribution in [0.3, 0.4) is 0 Å². The number of aliphatic hydroxyl groups is 1. The van der Waals surface area contributed by atoms with E-state index in [1.165, 1.54) is 6.07 Å². The van der Waals surface area contributed by atoms with Gasteiger partial charge in [-0.1, -0.05) is 22.0 Å². The third-order valence-corrected chi connectivity index (χ3v) is 3.43. The van der Waals surface area contributed by atoms with Crippen LogP contribution in [0.5, 0.6) is 5.75 Å². The zero-order valence-electron chi connectivity index (χ0n) is 11.6. The van der Waals surface area contributed by atoms with E-state index in [-0.39, 0.29) is 12.4 Å². The zero-order chi connectivity index (χ0) is 15.2. The number of nitrogens with one attached hydrogen (secondary N) is 1. The molecule has 2 N–H and O–H groups in total. The first kappa shape index (κ1) is 15.8. The van der Waals surface area contributed by atoms with E-state index >= 15 is 0 Å². The van der Waals surface area contributed by atoms with Crippen LogP contribution in [-0.4, -0.2) is 24.4 Å². The van der Waals surface area contributed by atoms with Crippen LogP contribution in [-0.2, 0) is 0 Å².